The van der Waals surface area contributed by atoms with Gasteiger partial charge in [0.05, 0.1) is 0 Å². The fourth-order valence-electron chi connectivity index (χ4n) is 3.03. The highest BCUT2D eigenvalue weighted by Gasteiger charge is 2.19. The van der Waals surface area contributed by atoms with E-state index in [9.17, 15) is 9.59 Å². The number of fused-ring (bicyclic) bond motifs is 1. The summed E-state index contributed by atoms with van der Waals surface area (Å²) < 4.78 is 0. The van der Waals surface area contributed by atoms with Crippen LogP contribution in [-0.2, 0) is 22.6 Å². The van der Waals surface area contributed by atoms with E-state index in [4.69, 9.17) is 0 Å². The van der Waals surface area contributed by atoms with Gasteiger partial charge in [-0.15, -0.1) is 11.3 Å². The van der Waals surface area contributed by atoms with E-state index in [1.54, 1.807) is 29.8 Å². The van der Waals surface area contributed by atoms with Crippen LogP contribution in [0.15, 0.2) is 71.9 Å². The summed E-state index contributed by atoms with van der Waals surface area (Å²) in [6.07, 6.45) is 9.23. The molecule has 0 atom stereocenters. The zero-order chi connectivity index (χ0) is 20.1. The quantitative estimate of drug-likeness (QED) is 0.634. The van der Waals surface area contributed by atoms with E-state index in [1.165, 1.54) is 6.08 Å². The van der Waals surface area contributed by atoms with E-state index in [0.717, 1.165) is 32.8 Å². The highest BCUT2D eigenvalue weighted by molar-refractivity contribution is 7.11. The van der Waals surface area contributed by atoms with E-state index < -0.39 is 0 Å². The number of nitrogens with zero attached hydrogens (tertiary/aromatic N) is 1. The Morgan fingerprint density at radius 1 is 1.24 bits per heavy atom. The first kappa shape index (κ1) is 18.8. The largest absolute Gasteiger partial charge is 0.348 e. The third kappa shape index (κ3) is 4.86. The van der Waals surface area contributed by atoms with E-state index in [-0.39, 0.29) is 11.8 Å². The van der Waals surface area contributed by atoms with Crippen molar-refractivity contribution in [1.29, 1.82) is 0 Å². The average molecular weight is 401 g/mol. The van der Waals surface area contributed by atoms with Crippen LogP contribution >= 0.6 is 11.3 Å². The van der Waals surface area contributed by atoms with Gasteiger partial charge in [0.15, 0.2) is 0 Å². The Kier molecular flexibility index (Phi) is 5.63. The van der Waals surface area contributed by atoms with Crippen molar-refractivity contribution in [1.82, 2.24) is 10.3 Å². The van der Waals surface area contributed by atoms with Crippen LogP contribution in [0.4, 0.5) is 5.69 Å². The number of aromatic nitrogens is 1. The maximum atomic E-state index is 12.3. The lowest BCUT2D eigenvalue weighted by Gasteiger charge is -2.18. The molecule has 0 radical (unpaired) electrons. The predicted octanol–water partition coefficient (Wildman–Crippen LogP) is 4.05. The Bertz CT molecular complexity index is 1100. The Balaban J connectivity index is 1.38. The summed E-state index contributed by atoms with van der Waals surface area (Å²) in [6.45, 7) is 0.439. The minimum atomic E-state index is -0.164. The fourth-order valence-corrected chi connectivity index (χ4v) is 3.86. The van der Waals surface area contributed by atoms with Crippen LogP contribution in [0, 0.1) is 0 Å². The summed E-state index contributed by atoms with van der Waals surface area (Å²) in [5.41, 5.74) is 4.60. The number of rotatable bonds is 5. The van der Waals surface area contributed by atoms with Gasteiger partial charge in [-0.25, -0.2) is 0 Å². The minimum Gasteiger partial charge on any atom is -0.348 e. The van der Waals surface area contributed by atoms with Crippen LogP contribution in [0.5, 0.6) is 0 Å². The first-order valence-corrected chi connectivity index (χ1v) is 10.1. The first-order chi connectivity index (χ1) is 14.2. The molecule has 3 heterocycles. The lowest BCUT2D eigenvalue weighted by molar-refractivity contribution is -0.116. The van der Waals surface area contributed by atoms with Gasteiger partial charge in [-0.2, -0.15) is 0 Å². The van der Waals surface area contributed by atoms with Crippen LogP contribution in [0.1, 0.15) is 21.6 Å². The molecule has 0 saturated heterocycles. The molecule has 1 aliphatic rings. The number of nitrogens with one attached hydrogen (secondary N) is 2. The second-order valence-electron chi connectivity index (χ2n) is 6.65. The lowest BCUT2D eigenvalue weighted by atomic mass is 9.98. The zero-order valence-corrected chi connectivity index (χ0v) is 16.4. The van der Waals surface area contributed by atoms with Crippen molar-refractivity contribution in [2.75, 3.05) is 5.32 Å². The Hall–Kier alpha value is -3.51. The molecule has 0 unspecified atom stereocenters. The number of amides is 2. The number of carbonyl (C=O) groups excluding carboxylic acids is 2. The smallest absolute Gasteiger partial charge is 0.251 e. The SMILES string of the molecule is O=C(/C=C/c1csc(C=C2Cc3ccccc3NC2=O)c1)NCc1cccnc1. The van der Waals surface area contributed by atoms with Crippen molar-refractivity contribution in [2.24, 2.45) is 0 Å². The molecule has 0 fully saturated rings. The van der Waals surface area contributed by atoms with Gasteiger partial charge in [0.2, 0.25) is 5.91 Å². The molecule has 3 aromatic rings. The standard InChI is InChI=1S/C23H19N3O2S/c27-22(25-14-17-4-3-9-24-13-17)8-7-16-10-20(29-15-16)12-19-11-18-5-1-2-6-21(18)26-23(19)28/h1-10,12-13,15H,11,14H2,(H,25,27)(H,26,28)/b8-7+,19-12?. The normalized spacial score (nSPS) is 14.6. The summed E-state index contributed by atoms with van der Waals surface area (Å²) >= 11 is 1.54. The molecule has 0 spiro atoms. The van der Waals surface area contributed by atoms with E-state index in [1.807, 2.05) is 53.9 Å². The van der Waals surface area contributed by atoms with Gasteiger partial charge < -0.3 is 10.6 Å². The van der Waals surface area contributed by atoms with Gasteiger partial charge in [0, 0.05) is 47.6 Å². The summed E-state index contributed by atoms with van der Waals surface area (Å²) in [4.78, 5) is 29.3. The second kappa shape index (κ2) is 8.67. The molecule has 6 heteroatoms. The van der Waals surface area contributed by atoms with Crippen molar-refractivity contribution in [3.8, 4) is 0 Å². The van der Waals surface area contributed by atoms with E-state index in [2.05, 4.69) is 15.6 Å². The van der Waals surface area contributed by atoms with E-state index >= 15 is 0 Å². The third-order valence-electron chi connectivity index (χ3n) is 4.51. The number of pyridine rings is 1. The second-order valence-corrected chi connectivity index (χ2v) is 7.60. The van der Waals surface area contributed by atoms with Gasteiger partial charge in [-0.05, 0) is 52.4 Å². The molecule has 2 N–H and O–H groups in total. The molecule has 29 heavy (non-hydrogen) atoms. The van der Waals surface area contributed by atoms with Crippen molar-refractivity contribution < 1.29 is 9.59 Å². The topological polar surface area (TPSA) is 71.1 Å². The number of thiophene rings is 1. The highest BCUT2D eigenvalue weighted by Crippen LogP contribution is 2.27. The monoisotopic (exact) mass is 401 g/mol. The van der Waals surface area contributed by atoms with Gasteiger partial charge in [-0.3, -0.25) is 14.6 Å². The number of para-hydroxylation sites is 1. The Labute approximate surface area is 172 Å². The predicted molar refractivity (Wildman–Crippen MR) is 116 cm³/mol. The van der Waals surface area contributed by atoms with Gasteiger partial charge in [-0.1, -0.05) is 24.3 Å². The van der Waals surface area contributed by atoms with Gasteiger partial charge in [0.1, 0.15) is 0 Å². The number of hydrogen-bond donors (Lipinski definition) is 2. The molecule has 0 aliphatic carbocycles. The fraction of sp³-hybridized carbons (Fsp3) is 0.0870. The van der Waals surface area contributed by atoms with Crippen LogP contribution in [0.25, 0.3) is 12.2 Å². The molecule has 1 aromatic carbocycles. The molecule has 5 nitrogen and oxygen atoms in total. The summed E-state index contributed by atoms with van der Waals surface area (Å²) in [5, 5.41) is 7.72. The molecule has 0 saturated carbocycles. The Morgan fingerprint density at radius 3 is 3.00 bits per heavy atom. The molecule has 4 rings (SSSR count). The highest BCUT2D eigenvalue weighted by atomic mass is 32.1. The van der Waals surface area contributed by atoms with Crippen molar-refractivity contribution in [3.63, 3.8) is 0 Å². The molecule has 2 aromatic heterocycles. The number of benzene rings is 1. The summed E-state index contributed by atoms with van der Waals surface area (Å²) in [5.74, 6) is -0.229. The minimum absolute atomic E-state index is 0.0658. The first-order valence-electron chi connectivity index (χ1n) is 9.20. The van der Waals surface area contributed by atoms with Crippen molar-refractivity contribution in [3.05, 3.63) is 93.5 Å². The molecular weight excluding hydrogens is 382 g/mol. The average Bonchev–Trinajstić information content (AvgIpc) is 3.19. The summed E-state index contributed by atoms with van der Waals surface area (Å²) in [6, 6.07) is 13.5. The zero-order valence-electron chi connectivity index (χ0n) is 15.6. The molecule has 144 valence electrons. The van der Waals surface area contributed by atoms with Crippen molar-refractivity contribution >= 4 is 41.0 Å². The molecular formula is C23H19N3O2S. The summed E-state index contributed by atoms with van der Waals surface area (Å²) in [7, 11) is 0. The van der Waals surface area contributed by atoms with Crippen LogP contribution in [-0.4, -0.2) is 16.8 Å². The number of carbonyl (C=O) groups is 2. The maximum absolute atomic E-state index is 12.3. The molecule has 2 amide bonds. The van der Waals surface area contributed by atoms with Gasteiger partial charge in [0.25, 0.3) is 5.91 Å². The lowest BCUT2D eigenvalue weighted by Crippen LogP contribution is -2.21. The molecule has 0 bridgehead atoms. The molecule has 1 aliphatic heterocycles. The third-order valence-corrected chi connectivity index (χ3v) is 5.41. The maximum Gasteiger partial charge on any atom is 0.251 e. The van der Waals surface area contributed by atoms with Crippen LogP contribution < -0.4 is 10.6 Å². The van der Waals surface area contributed by atoms with Crippen LogP contribution in [0.2, 0.25) is 0 Å². The van der Waals surface area contributed by atoms with Gasteiger partial charge >= 0.3 is 0 Å². The van der Waals surface area contributed by atoms with E-state index in [0.29, 0.717) is 13.0 Å². The van der Waals surface area contributed by atoms with Crippen molar-refractivity contribution in [2.45, 2.75) is 13.0 Å². The number of hydrogen-bond acceptors (Lipinski definition) is 4. The number of anilines is 1. The Morgan fingerprint density at radius 2 is 2.14 bits per heavy atom. The van der Waals surface area contributed by atoms with Crippen LogP contribution in [0.3, 0.4) is 0 Å².